The number of carboxylic acids is 1. The van der Waals surface area contributed by atoms with Crippen LogP contribution in [0.3, 0.4) is 0 Å². The van der Waals surface area contributed by atoms with Crippen LogP contribution in [0.4, 0.5) is 10.1 Å². The molecule has 1 saturated carbocycles. The molecule has 2 atom stereocenters. The molecule has 1 N–H and O–H groups in total. The number of imide groups is 1. The molecule has 0 bridgehead atoms. The second kappa shape index (κ2) is 8.63. The number of pyridine rings is 1. The average Bonchev–Trinajstić information content (AvgIpc) is 3.45. The third-order valence-corrected chi connectivity index (χ3v) is 8.08. The Morgan fingerprint density at radius 1 is 1.18 bits per heavy atom. The number of oxime groups is 1. The second-order valence-corrected chi connectivity index (χ2v) is 10.4. The van der Waals surface area contributed by atoms with Gasteiger partial charge in [-0.25, -0.2) is 9.18 Å². The summed E-state index contributed by atoms with van der Waals surface area (Å²) in [7, 11) is 1.37. The Morgan fingerprint density at radius 3 is 2.65 bits per heavy atom. The number of aromatic carboxylic acids is 1. The number of ether oxygens (including phenoxy) is 1. The number of benzene rings is 2. The van der Waals surface area contributed by atoms with Crippen molar-refractivity contribution in [2.24, 2.45) is 11.1 Å². The first kappa shape index (κ1) is 24.3. The van der Waals surface area contributed by atoms with Crippen molar-refractivity contribution in [2.75, 3.05) is 25.1 Å². The number of rotatable bonds is 5. The monoisotopic (exact) mass is 546 g/mol. The van der Waals surface area contributed by atoms with E-state index in [1.807, 2.05) is 0 Å². The van der Waals surface area contributed by atoms with Crippen LogP contribution in [-0.2, 0) is 16.2 Å². The van der Waals surface area contributed by atoms with E-state index in [2.05, 4.69) is 5.16 Å². The van der Waals surface area contributed by atoms with Crippen LogP contribution in [0.5, 0.6) is 5.75 Å². The fourth-order valence-corrected chi connectivity index (χ4v) is 6.00. The molecule has 11 nitrogen and oxygen atoms in total. The van der Waals surface area contributed by atoms with Crippen molar-refractivity contribution in [2.45, 2.75) is 31.5 Å². The molecule has 1 saturated heterocycles. The highest BCUT2D eigenvalue weighted by Crippen LogP contribution is 2.45. The summed E-state index contributed by atoms with van der Waals surface area (Å²) in [5, 5.41) is 13.5. The number of anilines is 1. The number of carboxylic acid groups (broad SMARTS) is 1. The largest absolute Gasteiger partial charge is 0.492 e. The number of amides is 2. The Labute approximate surface area is 226 Å². The van der Waals surface area contributed by atoms with Gasteiger partial charge in [0.1, 0.15) is 11.3 Å². The fraction of sp³-hybridized carbons (Fsp3) is 0.321. The number of carbonyl (C=O) groups is 3. The van der Waals surface area contributed by atoms with Gasteiger partial charge in [-0.05, 0) is 30.5 Å². The van der Waals surface area contributed by atoms with Crippen LogP contribution < -0.4 is 15.1 Å². The summed E-state index contributed by atoms with van der Waals surface area (Å²) < 4.78 is 23.1. The maximum Gasteiger partial charge on any atom is 0.341 e. The molecule has 12 heteroatoms. The molecule has 0 spiro atoms. The molecule has 2 fully saturated rings. The van der Waals surface area contributed by atoms with Gasteiger partial charge in [0.05, 0.1) is 37.0 Å². The molecule has 1 aromatic heterocycles. The lowest BCUT2D eigenvalue weighted by molar-refractivity contribution is -0.122. The molecule has 7 rings (SSSR count). The van der Waals surface area contributed by atoms with Gasteiger partial charge in [0.15, 0.2) is 23.4 Å². The Balaban J connectivity index is 1.24. The van der Waals surface area contributed by atoms with E-state index in [1.165, 1.54) is 13.3 Å². The number of aromatic nitrogens is 1. The third-order valence-electron chi connectivity index (χ3n) is 8.08. The van der Waals surface area contributed by atoms with Crippen molar-refractivity contribution in [3.63, 3.8) is 0 Å². The summed E-state index contributed by atoms with van der Waals surface area (Å²) in [6.07, 6.45) is 2.31. The van der Waals surface area contributed by atoms with Gasteiger partial charge in [0.25, 0.3) is 11.8 Å². The summed E-state index contributed by atoms with van der Waals surface area (Å²) in [5.41, 5.74) is 0.490. The van der Waals surface area contributed by atoms with E-state index in [9.17, 15) is 24.3 Å². The molecular weight excluding hydrogens is 523 g/mol. The topological polar surface area (TPSA) is 131 Å². The first-order valence-electron chi connectivity index (χ1n) is 12.9. The number of fused-ring (bicyclic) bond motifs is 3. The molecule has 4 heterocycles. The lowest BCUT2D eigenvalue weighted by Crippen LogP contribution is -2.40. The third kappa shape index (κ3) is 3.44. The van der Waals surface area contributed by atoms with Gasteiger partial charge in [-0.3, -0.25) is 19.3 Å². The van der Waals surface area contributed by atoms with Crippen molar-refractivity contribution >= 4 is 40.1 Å². The van der Waals surface area contributed by atoms with Gasteiger partial charge in [-0.15, -0.1) is 0 Å². The van der Waals surface area contributed by atoms with Crippen LogP contribution >= 0.6 is 0 Å². The fourth-order valence-electron chi connectivity index (χ4n) is 6.00. The summed E-state index contributed by atoms with van der Waals surface area (Å²) in [5.74, 6) is -3.52. The van der Waals surface area contributed by atoms with Crippen molar-refractivity contribution in [1.29, 1.82) is 0 Å². The maximum absolute atomic E-state index is 15.8. The smallest absolute Gasteiger partial charge is 0.341 e. The molecule has 2 aromatic carbocycles. The number of methoxy groups -OCH3 is 1. The first-order valence-corrected chi connectivity index (χ1v) is 12.9. The van der Waals surface area contributed by atoms with Crippen LogP contribution in [0.25, 0.3) is 10.9 Å². The molecule has 2 amide bonds. The van der Waals surface area contributed by atoms with E-state index in [-0.39, 0.29) is 48.2 Å². The molecule has 3 aliphatic heterocycles. The molecule has 3 aromatic rings. The minimum absolute atomic E-state index is 0.0341. The van der Waals surface area contributed by atoms with Crippen molar-refractivity contribution in [1.82, 2.24) is 9.47 Å². The number of hydrogen-bond donors (Lipinski definition) is 1. The standard InChI is InChI=1S/C28H23FN4O7/c1-39-25-22-16(24(34)18(28(37)38)11-32(22)14-6-7-14)8-19(29)23(25)31-10-17-20(12-31)40-30-21(17)27(36)33-9-13-4-2-3-5-15(13)26(33)35/h2-5,8,11,14,17,20H,6-7,9-10,12H2,1H3,(H,37,38). The predicted octanol–water partition coefficient (Wildman–Crippen LogP) is 2.56. The highest BCUT2D eigenvalue weighted by atomic mass is 19.1. The van der Waals surface area contributed by atoms with Crippen molar-refractivity contribution in [3.05, 3.63) is 69.3 Å². The lowest BCUT2D eigenvalue weighted by Gasteiger charge is -2.25. The lowest BCUT2D eigenvalue weighted by atomic mass is 10.00. The number of hydrogen-bond acceptors (Lipinski definition) is 8. The van der Waals surface area contributed by atoms with Gasteiger partial charge in [0, 0.05) is 24.3 Å². The number of halogens is 1. The molecule has 204 valence electrons. The Morgan fingerprint density at radius 2 is 1.95 bits per heavy atom. The van der Waals surface area contributed by atoms with E-state index >= 15 is 4.39 Å². The van der Waals surface area contributed by atoms with Crippen LogP contribution in [-0.4, -0.2) is 64.4 Å². The Kier molecular flexibility index (Phi) is 5.25. The van der Waals surface area contributed by atoms with Crippen LogP contribution in [0.2, 0.25) is 0 Å². The first-order chi connectivity index (χ1) is 19.3. The van der Waals surface area contributed by atoms with Gasteiger partial charge >= 0.3 is 5.97 Å². The Hall–Kier alpha value is -4.74. The second-order valence-electron chi connectivity index (χ2n) is 10.4. The highest BCUT2D eigenvalue weighted by molar-refractivity contribution is 6.43. The minimum Gasteiger partial charge on any atom is -0.492 e. The van der Waals surface area contributed by atoms with Gasteiger partial charge in [-0.1, -0.05) is 23.4 Å². The van der Waals surface area contributed by atoms with E-state index in [0.717, 1.165) is 29.4 Å². The molecular formula is C28H23FN4O7. The Bertz CT molecular complexity index is 1740. The zero-order chi connectivity index (χ0) is 27.9. The molecule has 1 aliphatic carbocycles. The summed E-state index contributed by atoms with van der Waals surface area (Å²) in [4.78, 5) is 59.4. The predicted molar refractivity (Wildman–Crippen MR) is 139 cm³/mol. The zero-order valence-corrected chi connectivity index (χ0v) is 21.3. The summed E-state index contributed by atoms with van der Waals surface area (Å²) in [6, 6.07) is 8.03. The normalized spacial score (nSPS) is 21.4. The van der Waals surface area contributed by atoms with Crippen LogP contribution in [0.15, 0.2) is 46.5 Å². The maximum atomic E-state index is 15.8. The number of carbonyl (C=O) groups excluding carboxylic acids is 2. The minimum atomic E-state index is -1.38. The number of nitrogens with zero attached hydrogens (tertiary/aromatic N) is 4. The quantitative estimate of drug-likeness (QED) is 0.484. The van der Waals surface area contributed by atoms with E-state index in [4.69, 9.17) is 9.57 Å². The highest BCUT2D eigenvalue weighted by Gasteiger charge is 2.49. The van der Waals surface area contributed by atoms with Crippen LogP contribution in [0, 0.1) is 11.7 Å². The molecule has 4 aliphatic rings. The zero-order valence-electron chi connectivity index (χ0n) is 21.3. The molecule has 0 radical (unpaired) electrons. The van der Waals surface area contributed by atoms with Crippen LogP contribution in [0.1, 0.15) is 45.2 Å². The van der Waals surface area contributed by atoms with Gasteiger partial charge < -0.3 is 24.1 Å². The van der Waals surface area contributed by atoms with E-state index < -0.39 is 46.6 Å². The van der Waals surface area contributed by atoms with Crippen molar-refractivity contribution in [3.8, 4) is 5.75 Å². The SMILES string of the molecule is COc1c(N2CC3ON=C(C(=O)N4Cc5ccccc5C4=O)C3C2)c(F)cc2c(=O)c(C(=O)O)cn(C3CC3)c12. The average molecular weight is 547 g/mol. The molecule has 40 heavy (non-hydrogen) atoms. The van der Waals surface area contributed by atoms with Gasteiger partial charge in [-0.2, -0.15) is 0 Å². The summed E-state index contributed by atoms with van der Waals surface area (Å²) in [6.45, 7) is 0.473. The van der Waals surface area contributed by atoms with Gasteiger partial charge in [0.2, 0.25) is 5.43 Å². The van der Waals surface area contributed by atoms with Crippen molar-refractivity contribution < 1.29 is 33.5 Å². The molecule has 2 unspecified atom stereocenters. The van der Waals surface area contributed by atoms with E-state index in [1.54, 1.807) is 33.7 Å². The summed E-state index contributed by atoms with van der Waals surface area (Å²) >= 11 is 0. The van der Waals surface area contributed by atoms with E-state index in [0.29, 0.717) is 11.1 Å².